The number of carbonyl (C=O) groups excluding carboxylic acids is 2. The third-order valence-electron chi connectivity index (χ3n) is 3.95. The second-order valence-corrected chi connectivity index (χ2v) is 6.51. The van der Waals surface area contributed by atoms with Gasteiger partial charge in [-0.15, -0.1) is 0 Å². The first-order valence-electron chi connectivity index (χ1n) is 7.37. The van der Waals surface area contributed by atoms with Crippen LogP contribution in [-0.4, -0.2) is 18.4 Å². The van der Waals surface area contributed by atoms with E-state index in [4.69, 9.17) is 5.73 Å². The molecule has 1 aliphatic rings. The number of anilines is 2. The number of rotatable bonds is 4. The Balaban J connectivity index is 1.87. The Labute approximate surface area is 146 Å². The maximum Gasteiger partial charge on any atom is 0.253 e. The van der Waals surface area contributed by atoms with Gasteiger partial charge >= 0.3 is 0 Å². The van der Waals surface area contributed by atoms with Gasteiger partial charge in [0.2, 0.25) is 5.91 Å². The topological polar surface area (TPSA) is 84.2 Å². The highest BCUT2D eigenvalue weighted by Crippen LogP contribution is 2.33. The van der Waals surface area contributed by atoms with E-state index in [9.17, 15) is 14.0 Å². The molecule has 7 heteroatoms. The average Bonchev–Trinajstić information content (AvgIpc) is 2.51. The largest absolute Gasteiger partial charge is 0.384 e. The van der Waals surface area contributed by atoms with Crippen molar-refractivity contribution < 1.29 is 14.0 Å². The van der Waals surface area contributed by atoms with Crippen molar-refractivity contribution >= 4 is 39.1 Å². The van der Waals surface area contributed by atoms with Crippen molar-refractivity contribution in [2.75, 3.05) is 17.2 Å². The van der Waals surface area contributed by atoms with Crippen LogP contribution in [0.15, 0.2) is 40.9 Å². The van der Waals surface area contributed by atoms with Crippen molar-refractivity contribution in [3.8, 4) is 0 Å². The van der Waals surface area contributed by atoms with Gasteiger partial charge in [0.15, 0.2) is 0 Å². The van der Waals surface area contributed by atoms with Crippen molar-refractivity contribution in [1.29, 1.82) is 0 Å². The van der Waals surface area contributed by atoms with Gasteiger partial charge in [0, 0.05) is 29.0 Å². The molecule has 1 aliphatic heterocycles. The van der Waals surface area contributed by atoms with Crippen LogP contribution in [0.4, 0.5) is 15.8 Å². The quantitative estimate of drug-likeness (QED) is 0.747. The highest BCUT2D eigenvalue weighted by Gasteiger charge is 2.25. The minimum atomic E-state index is -0.843. The van der Waals surface area contributed by atoms with Crippen LogP contribution < -0.4 is 16.4 Å². The number of nitrogens with one attached hydrogen (secondary N) is 2. The smallest absolute Gasteiger partial charge is 0.253 e. The summed E-state index contributed by atoms with van der Waals surface area (Å²) in [4.78, 5) is 23.4. The summed E-state index contributed by atoms with van der Waals surface area (Å²) < 4.78 is 14.5. The van der Waals surface area contributed by atoms with E-state index >= 15 is 0 Å². The van der Waals surface area contributed by atoms with E-state index in [-0.39, 0.29) is 17.4 Å². The van der Waals surface area contributed by atoms with Crippen LogP contribution in [0.25, 0.3) is 0 Å². The number of fused-ring (bicyclic) bond motifs is 1. The zero-order chi connectivity index (χ0) is 17.3. The minimum absolute atomic E-state index is 0.0731. The van der Waals surface area contributed by atoms with Gasteiger partial charge in [0.05, 0.1) is 11.3 Å². The summed E-state index contributed by atoms with van der Waals surface area (Å²) in [5.74, 6) is -1.70. The minimum Gasteiger partial charge on any atom is -0.384 e. The Morgan fingerprint density at radius 2 is 2.12 bits per heavy atom. The Kier molecular flexibility index (Phi) is 4.53. The third-order valence-corrected chi connectivity index (χ3v) is 4.40. The molecule has 2 aromatic rings. The highest BCUT2D eigenvalue weighted by molar-refractivity contribution is 9.10. The van der Waals surface area contributed by atoms with Gasteiger partial charge in [-0.05, 0) is 23.8 Å². The molecule has 0 saturated heterocycles. The third kappa shape index (κ3) is 3.26. The van der Waals surface area contributed by atoms with Crippen molar-refractivity contribution in [2.24, 2.45) is 5.73 Å². The van der Waals surface area contributed by atoms with Crippen LogP contribution in [0.1, 0.15) is 28.3 Å². The molecule has 124 valence electrons. The molecule has 0 fully saturated rings. The number of amides is 2. The van der Waals surface area contributed by atoms with Crippen molar-refractivity contribution in [2.45, 2.75) is 12.3 Å². The number of hydrogen-bond donors (Lipinski definition) is 3. The zero-order valence-electron chi connectivity index (χ0n) is 12.6. The zero-order valence-corrected chi connectivity index (χ0v) is 14.2. The molecule has 0 saturated carbocycles. The van der Waals surface area contributed by atoms with Crippen molar-refractivity contribution in [3.63, 3.8) is 0 Å². The summed E-state index contributed by atoms with van der Waals surface area (Å²) in [7, 11) is 0. The molecular formula is C17H15BrFN3O2. The molecule has 0 radical (unpaired) electrons. The molecule has 0 aromatic heterocycles. The standard InChI is InChI=1S/C17H15BrFN3O2/c18-10-6-12(19)16(17(20)24)14(7-10)21-8-9-5-15(23)22-13-4-2-1-3-11(9)13/h1-4,6-7,9,21H,5,8H2,(H2,20,24)(H,22,23). The Bertz CT molecular complexity index is 825. The monoisotopic (exact) mass is 391 g/mol. The Morgan fingerprint density at radius 3 is 2.88 bits per heavy atom. The van der Waals surface area contributed by atoms with Crippen LogP contribution in [0.3, 0.4) is 0 Å². The van der Waals surface area contributed by atoms with E-state index in [2.05, 4.69) is 26.6 Å². The molecule has 24 heavy (non-hydrogen) atoms. The predicted octanol–water partition coefficient (Wildman–Crippen LogP) is 3.23. The number of nitrogens with two attached hydrogens (primary N) is 1. The summed E-state index contributed by atoms with van der Waals surface area (Å²) >= 11 is 3.20. The van der Waals surface area contributed by atoms with Crippen molar-refractivity contribution in [3.05, 3.63) is 57.8 Å². The SMILES string of the molecule is NC(=O)c1c(F)cc(Br)cc1NCC1CC(=O)Nc2ccccc21. The van der Waals surface area contributed by atoms with E-state index in [1.165, 1.54) is 6.07 Å². The van der Waals surface area contributed by atoms with E-state index < -0.39 is 11.7 Å². The predicted molar refractivity (Wildman–Crippen MR) is 93.5 cm³/mol. The lowest BCUT2D eigenvalue weighted by Gasteiger charge is -2.26. The molecule has 3 rings (SSSR count). The fourth-order valence-corrected chi connectivity index (χ4v) is 3.31. The first-order valence-corrected chi connectivity index (χ1v) is 8.16. The molecule has 4 N–H and O–H groups in total. The number of primary amides is 1. The lowest BCUT2D eigenvalue weighted by Crippen LogP contribution is -2.27. The van der Waals surface area contributed by atoms with E-state index in [0.29, 0.717) is 23.1 Å². The lowest BCUT2D eigenvalue weighted by atomic mass is 9.90. The first-order chi connectivity index (χ1) is 11.5. The molecule has 1 atom stereocenters. The van der Waals surface area contributed by atoms with Crippen molar-refractivity contribution in [1.82, 2.24) is 0 Å². The molecule has 0 bridgehead atoms. The Morgan fingerprint density at radius 1 is 1.38 bits per heavy atom. The van der Waals surface area contributed by atoms with Gasteiger partial charge in [-0.2, -0.15) is 0 Å². The number of halogens is 2. The van der Waals surface area contributed by atoms with Gasteiger partial charge in [0.1, 0.15) is 5.82 Å². The second-order valence-electron chi connectivity index (χ2n) is 5.59. The molecule has 0 aliphatic carbocycles. The molecule has 2 amide bonds. The van der Waals surface area contributed by atoms with Crippen LogP contribution in [0.5, 0.6) is 0 Å². The van der Waals surface area contributed by atoms with E-state index in [1.54, 1.807) is 6.07 Å². The Hall–Kier alpha value is -2.41. The van der Waals surface area contributed by atoms with Crippen LogP contribution in [0.2, 0.25) is 0 Å². The summed E-state index contributed by atoms with van der Waals surface area (Å²) in [6, 6.07) is 10.3. The molecule has 0 spiro atoms. The summed E-state index contributed by atoms with van der Waals surface area (Å²) in [5.41, 5.74) is 7.16. The molecule has 5 nitrogen and oxygen atoms in total. The summed E-state index contributed by atoms with van der Waals surface area (Å²) in [6.45, 7) is 0.376. The molecular weight excluding hydrogens is 377 g/mol. The maximum absolute atomic E-state index is 14.0. The van der Waals surface area contributed by atoms with Crippen LogP contribution >= 0.6 is 15.9 Å². The van der Waals surface area contributed by atoms with E-state index in [1.807, 2.05) is 24.3 Å². The van der Waals surface area contributed by atoms with Crippen LogP contribution in [-0.2, 0) is 4.79 Å². The van der Waals surface area contributed by atoms with Gasteiger partial charge in [-0.3, -0.25) is 9.59 Å². The molecule has 1 unspecified atom stereocenters. The number of benzene rings is 2. The normalized spacial score (nSPS) is 16.2. The molecule has 1 heterocycles. The average molecular weight is 392 g/mol. The second kappa shape index (κ2) is 6.60. The van der Waals surface area contributed by atoms with Crippen LogP contribution in [0, 0.1) is 5.82 Å². The van der Waals surface area contributed by atoms with Gasteiger partial charge in [0.25, 0.3) is 5.91 Å². The summed E-state index contributed by atoms with van der Waals surface area (Å²) in [5, 5.41) is 5.88. The maximum atomic E-state index is 14.0. The van der Waals surface area contributed by atoms with Gasteiger partial charge in [-0.25, -0.2) is 4.39 Å². The first kappa shape index (κ1) is 16.4. The number of carbonyl (C=O) groups is 2. The fourth-order valence-electron chi connectivity index (χ4n) is 2.88. The van der Waals surface area contributed by atoms with Gasteiger partial charge < -0.3 is 16.4 Å². The van der Waals surface area contributed by atoms with Gasteiger partial charge in [-0.1, -0.05) is 34.1 Å². The number of para-hydroxylation sites is 1. The fraction of sp³-hybridized carbons (Fsp3) is 0.176. The van der Waals surface area contributed by atoms with E-state index in [0.717, 1.165) is 11.3 Å². The molecule has 2 aromatic carbocycles. The summed E-state index contributed by atoms with van der Waals surface area (Å²) in [6.07, 6.45) is 0.312. The lowest BCUT2D eigenvalue weighted by molar-refractivity contribution is -0.116. The highest BCUT2D eigenvalue weighted by atomic mass is 79.9. The number of hydrogen-bond acceptors (Lipinski definition) is 3.